The van der Waals surface area contributed by atoms with E-state index in [9.17, 15) is 29.4 Å². The van der Waals surface area contributed by atoms with Crippen LogP contribution < -0.4 is 0 Å². The molecule has 46 heavy (non-hydrogen) atoms. The zero-order chi connectivity index (χ0) is 33.1. The van der Waals surface area contributed by atoms with Gasteiger partial charge < -0.3 is 15.1 Å². The topological polar surface area (TPSA) is 151 Å². The Balaban J connectivity index is 1.56. The molecule has 13 heteroatoms. The lowest BCUT2D eigenvalue weighted by Crippen LogP contribution is -2.48. The Hall–Kier alpha value is -3.62. The lowest BCUT2D eigenvalue weighted by molar-refractivity contribution is -0.139. The summed E-state index contributed by atoms with van der Waals surface area (Å²) < 4.78 is 0. The van der Waals surface area contributed by atoms with Gasteiger partial charge in [0.05, 0.1) is 31.0 Å². The number of hydrogen-bond donors (Lipinski definition) is 2. The molecule has 1 aliphatic heterocycles. The van der Waals surface area contributed by atoms with E-state index in [1.165, 1.54) is 6.92 Å². The molecule has 1 aliphatic rings. The summed E-state index contributed by atoms with van der Waals surface area (Å²) in [6.07, 6.45) is 5.07. The van der Waals surface area contributed by atoms with E-state index in [0.717, 1.165) is 17.9 Å². The van der Waals surface area contributed by atoms with E-state index in [1.807, 2.05) is 51.1 Å². The SMILES string of the molecule is CC(=O)CN1CCN(CC(=O)O)CCN(CCC(=O)CCCN(Cc2ccccn2)Cc2ccccn2)CCN(CC(=O)O)CC1. The third-order valence-electron chi connectivity index (χ3n) is 7.95. The van der Waals surface area contributed by atoms with Crippen LogP contribution in [0.25, 0.3) is 0 Å². The minimum absolute atomic E-state index is 0.00613. The Kier molecular flexibility index (Phi) is 16.4. The summed E-state index contributed by atoms with van der Waals surface area (Å²) in [6, 6.07) is 11.7. The van der Waals surface area contributed by atoms with Crippen LogP contribution in [-0.2, 0) is 32.3 Å². The summed E-state index contributed by atoms with van der Waals surface area (Å²) >= 11 is 0. The van der Waals surface area contributed by atoms with Crippen molar-refractivity contribution in [3.05, 3.63) is 60.2 Å². The van der Waals surface area contributed by atoms with Crippen LogP contribution in [0.1, 0.15) is 37.6 Å². The molecule has 0 amide bonds. The smallest absolute Gasteiger partial charge is 0.317 e. The molecule has 1 fully saturated rings. The molecule has 3 heterocycles. The number of aliphatic carboxylic acids is 2. The van der Waals surface area contributed by atoms with Gasteiger partial charge in [0.15, 0.2) is 0 Å². The highest BCUT2D eigenvalue weighted by Crippen LogP contribution is 2.10. The number of hydrogen-bond acceptors (Lipinski definition) is 11. The number of carboxylic acid groups (broad SMARTS) is 2. The third-order valence-corrected chi connectivity index (χ3v) is 7.95. The number of carboxylic acids is 2. The number of rotatable bonds is 17. The van der Waals surface area contributed by atoms with E-state index in [1.54, 1.807) is 12.4 Å². The second kappa shape index (κ2) is 20.5. The van der Waals surface area contributed by atoms with Crippen LogP contribution in [0, 0.1) is 0 Å². The summed E-state index contributed by atoms with van der Waals surface area (Å²) in [4.78, 5) is 66.9. The molecule has 2 N–H and O–H groups in total. The van der Waals surface area contributed by atoms with Crippen molar-refractivity contribution in [2.24, 2.45) is 0 Å². The molecule has 2 aromatic rings. The first-order valence-electron chi connectivity index (χ1n) is 16.0. The highest BCUT2D eigenvalue weighted by molar-refractivity contribution is 5.78. The molecule has 0 aromatic carbocycles. The highest BCUT2D eigenvalue weighted by Gasteiger charge is 2.20. The first kappa shape index (κ1) is 36.8. The second-order valence-electron chi connectivity index (χ2n) is 11.9. The molecule has 0 bridgehead atoms. The van der Waals surface area contributed by atoms with Crippen LogP contribution >= 0.6 is 0 Å². The Morgan fingerprint density at radius 2 is 1.13 bits per heavy atom. The van der Waals surface area contributed by atoms with Crippen molar-refractivity contribution in [2.45, 2.75) is 39.3 Å². The van der Waals surface area contributed by atoms with Gasteiger partial charge in [-0.2, -0.15) is 0 Å². The standard InChI is InChI=1S/C33H49N7O6/c1-28(41)23-37-19-21-38(26-32(43)44)17-15-36(16-18-39(22-20-37)27-33(45)46)14-10-31(42)9-6-13-40(24-29-7-2-4-11-34-29)25-30-8-3-5-12-35-30/h2-5,7-8,11-12H,6,9-10,13-27H2,1H3,(H,43,44)(H,45,46). The summed E-state index contributed by atoms with van der Waals surface area (Å²) in [5.41, 5.74) is 1.92. The molecule has 0 unspecified atom stereocenters. The Labute approximate surface area is 271 Å². The molecule has 2 aromatic heterocycles. The molecule has 252 valence electrons. The fraction of sp³-hybridized carbons (Fsp3) is 0.576. The van der Waals surface area contributed by atoms with E-state index >= 15 is 0 Å². The van der Waals surface area contributed by atoms with Crippen LogP contribution in [0.4, 0.5) is 0 Å². The summed E-state index contributed by atoms with van der Waals surface area (Å²) in [7, 11) is 0. The van der Waals surface area contributed by atoms with Gasteiger partial charge >= 0.3 is 11.9 Å². The van der Waals surface area contributed by atoms with Crippen molar-refractivity contribution in [1.29, 1.82) is 0 Å². The second-order valence-corrected chi connectivity index (χ2v) is 11.9. The Bertz CT molecular complexity index is 1150. The largest absolute Gasteiger partial charge is 0.480 e. The van der Waals surface area contributed by atoms with Crippen LogP contribution in [0.15, 0.2) is 48.8 Å². The maximum Gasteiger partial charge on any atom is 0.317 e. The molecular formula is C33H49N7O6. The normalized spacial score (nSPS) is 16.5. The van der Waals surface area contributed by atoms with Crippen molar-refractivity contribution < 1.29 is 29.4 Å². The lowest BCUT2D eigenvalue weighted by atomic mass is 10.1. The monoisotopic (exact) mass is 639 g/mol. The number of aromatic nitrogens is 2. The van der Waals surface area contributed by atoms with Gasteiger partial charge in [0.2, 0.25) is 0 Å². The molecule has 3 rings (SSSR count). The van der Waals surface area contributed by atoms with Crippen molar-refractivity contribution >= 4 is 23.5 Å². The van der Waals surface area contributed by atoms with Crippen LogP contribution in [-0.4, -0.2) is 153 Å². The molecule has 0 saturated carbocycles. The van der Waals surface area contributed by atoms with E-state index in [0.29, 0.717) is 91.3 Å². The Morgan fingerprint density at radius 1 is 0.674 bits per heavy atom. The summed E-state index contributed by atoms with van der Waals surface area (Å²) in [5, 5.41) is 18.9. The van der Waals surface area contributed by atoms with Crippen molar-refractivity contribution in [2.75, 3.05) is 85.1 Å². The van der Waals surface area contributed by atoms with Gasteiger partial charge in [-0.25, -0.2) is 0 Å². The van der Waals surface area contributed by atoms with Gasteiger partial charge in [0.1, 0.15) is 11.6 Å². The van der Waals surface area contributed by atoms with E-state index in [2.05, 4.69) is 19.8 Å². The summed E-state index contributed by atoms with van der Waals surface area (Å²) in [5.74, 6) is -1.67. The average molecular weight is 640 g/mol. The summed E-state index contributed by atoms with van der Waals surface area (Å²) in [6.45, 7) is 8.11. The quantitative estimate of drug-likeness (QED) is 0.255. The van der Waals surface area contributed by atoms with Crippen molar-refractivity contribution in [3.8, 4) is 0 Å². The van der Waals surface area contributed by atoms with Gasteiger partial charge in [0, 0.05) is 97.2 Å². The molecule has 0 radical (unpaired) electrons. The van der Waals surface area contributed by atoms with Gasteiger partial charge in [-0.1, -0.05) is 12.1 Å². The fourth-order valence-electron chi connectivity index (χ4n) is 5.54. The third kappa shape index (κ3) is 15.6. The minimum atomic E-state index is -0.917. The zero-order valence-electron chi connectivity index (χ0n) is 27.0. The first-order valence-corrected chi connectivity index (χ1v) is 16.0. The van der Waals surface area contributed by atoms with E-state index in [-0.39, 0.29) is 31.2 Å². The Morgan fingerprint density at radius 3 is 1.54 bits per heavy atom. The molecule has 0 atom stereocenters. The average Bonchev–Trinajstić information content (AvgIpc) is 3.01. The number of nitrogens with zero attached hydrogens (tertiary/aromatic N) is 7. The number of ketones is 2. The molecule has 13 nitrogen and oxygen atoms in total. The first-order chi connectivity index (χ1) is 22.2. The molecule has 0 aliphatic carbocycles. The fourth-order valence-corrected chi connectivity index (χ4v) is 5.54. The predicted molar refractivity (Wildman–Crippen MR) is 173 cm³/mol. The molecule has 0 spiro atoms. The lowest BCUT2D eigenvalue weighted by Gasteiger charge is -2.33. The van der Waals surface area contributed by atoms with Crippen LogP contribution in [0.3, 0.4) is 0 Å². The van der Waals surface area contributed by atoms with E-state index in [4.69, 9.17) is 0 Å². The minimum Gasteiger partial charge on any atom is -0.480 e. The maximum atomic E-state index is 13.0. The number of carbonyl (C=O) groups is 4. The molecule has 1 saturated heterocycles. The molecular weight excluding hydrogens is 590 g/mol. The zero-order valence-corrected chi connectivity index (χ0v) is 27.0. The number of carbonyl (C=O) groups excluding carboxylic acids is 2. The van der Waals surface area contributed by atoms with Crippen LogP contribution in [0.2, 0.25) is 0 Å². The van der Waals surface area contributed by atoms with Gasteiger partial charge in [0.25, 0.3) is 0 Å². The van der Waals surface area contributed by atoms with Crippen LogP contribution in [0.5, 0.6) is 0 Å². The number of pyridine rings is 2. The highest BCUT2D eigenvalue weighted by atomic mass is 16.4. The van der Waals surface area contributed by atoms with Crippen molar-refractivity contribution in [1.82, 2.24) is 34.5 Å². The van der Waals surface area contributed by atoms with E-state index < -0.39 is 11.9 Å². The predicted octanol–water partition coefficient (Wildman–Crippen LogP) is 1.20. The van der Waals surface area contributed by atoms with Crippen molar-refractivity contribution in [3.63, 3.8) is 0 Å². The van der Waals surface area contributed by atoms with Gasteiger partial charge in [-0.3, -0.25) is 48.7 Å². The van der Waals surface area contributed by atoms with Gasteiger partial charge in [-0.15, -0.1) is 0 Å². The number of Topliss-reactive ketones (excluding diaryl/α,β-unsaturated/α-hetero) is 2. The van der Waals surface area contributed by atoms with Gasteiger partial charge in [-0.05, 0) is 44.2 Å². The maximum absolute atomic E-state index is 13.0.